The van der Waals surface area contributed by atoms with Crippen molar-refractivity contribution in [1.82, 2.24) is 14.4 Å². The number of likely N-dealkylation sites (tertiary alicyclic amines) is 1. The number of carbonyl (C=O) groups excluding carboxylic acids is 2. The first-order valence-corrected chi connectivity index (χ1v) is 10.8. The van der Waals surface area contributed by atoms with Gasteiger partial charge < -0.3 is 14.4 Å². The molecule has 1 aliphatic heterocycles. The Morgan fingerprint density at radius 2 is 1.67 bits per heavy atom. The Labute approximate surface area is 177 Å². The molecule has 0 N–H and O–H groups in total. The molecule has 1 aromatic heterocycles. The summed E-state index contributed by atoms with van der Waals surface area (Å²) in [6, 6.07) is 19.7. The van der Waals surface area contributed by atoms with Gasteiger partial charge in [-0.05, 0) is 43.5 Å². The lowest BCUT2D eigenvalue weighted by Gasteiger charge is -2.38. The molecule has 156 valence electrons. The lowest BCUT2D eigenvalue weighted by molar-refractivity contribution is 0.0513. The van der Waals surface area contributed by atoms with Crippen LogP contribution in [0.25, 0.3) is 10.9 Å². The van der Waals surface area contributed by atoms with E-state index in [2.05, 4.69) is 6.92 Å². The van der Waals surface area contributed by atoms with Crippen molar-refractivity contribution in [2.75, 3.05) is 19.6 Å². The third-order valence-corrected chi connectivity index (χ3v) is 6.11. The van der Waals surface area contributed by atoms with Crippen LogP contribution in [0.1, 0.15) is 47.0 Å². The van der Waals surface area contributed by atoms with Crippen LogP contribution < -0.4 is 0 Å². The van der Waals surface area contributed by atoms with Gasteiger partial charge in [0.25, 0.3) is 11.8 Å². The summed E-state index contributed by atoms with van der Waals surface area (Å²) in [5.74, 6) is 0.166. The number of nitrogens with zero attached hydrogens (tertiary/aromatic N) is 3. The highest BCUT2D eigenvalue weighted by molar-refractivity contribution is 5.99. The van der Waals surface area contributed by atoms with E-state index < -0.39 is 0 Å². The Bertz CT molecular complexity index is 1030. The predicted octanol–water partition coefficient (Wildman–Crippen LogP) is 4.34. The number of fused-ring (bicyclic) bond motifs is 1. The third kappa shape index (κ3) is 3.84. The fourth-order valence-electron chi connectivity index (χ4n) is 4.48. The van der Waals surface area contributed by atoms with Crippen LogP contribution in [-0.2, 0) is 7.05 Å². The van der Waals surface area contributed by atoms with Crippen LogP contribution in [0, 0.1) is 0 Å². The van der Waals surface area contributed by atoms with Gasteiger partial charge in [-0.1, -0.05) is 43.3 Å². The standard InChI is InChI=1S/C25H29N3O2/c1-3-15-28(25(30)23-18-20-11-7-8-12-22(20)26(23)2)21-13-16-27(17-14-21)24(29)19-9-5-4-6-10-19/h4-12,18,21H,3,13-17H2,1-2H3. The molecule has 1 fully saturated rings. The van der Waals surface area contributed by atoms with E-state index >= 15 is 0 Å². The zero-order valence-corrected chi connectivity index (χ0v) is 17.8. The van der Waals surface area contributed by atoms with Crippen LogP contribution in [0.2, 0.25) is 0 Å². The molecule has 5 nitrogen and oxygen atoms in total. The number of amides is 2. The second kappa shape index (κ2) is 8.74. The molecule has 1 saturated heterocycles. The highest BCUT2D eigenvalue weighted by atomic mass is 16.2. The predicted molar refractivity (Wildman–Crippen MR) is 120 cm³/mol. The monoisotopic (exact) mass is 403 g/mol. The molecule has 0 atom stereocenters. The molecule has 0 unspecified atom stereocenters. The van der Waals surface area contributed by atoms with Crippen LogP contribution in [0.15, 0.2) is 60.7 Å². The van der Waals surface area contributed by atoms with E-state index in [1.165, 1.54) is 0 Å². The molecule has 0 spiro atoms. The topological polar surface area (TPSA) is 45.6 Å². The fraction of sp³-hybridized carbons (Fsp3) is 0.360. The Hall–Kier alpha value is -3.08. The van der Waals surface area contributed by atoms with Crippen molar-refractivity contribution in [3.8, 4) is 0 Å². The Morgan fingerprint density at radius 3 is 2.33 bits per heavy atom. The number of aryl methyl sites for hydroxylation is 1. The minimum absolute atomic E-state index is 0.0797. The van der Waals surface area contributed by atoms with Crippen molar-refractivity contribution >= 4 is 22.7 Å². The van der Waals surface area contributed by atoms with Crippen molar-refractivity contribution in [2.24, 2.45) is 7.05 Å². The molecule has 0 saturated carbocycles. The zero-order valence-electron chi connectivity index (χ0n) is 17.8. The lowest BCUT2D eigenvalue weighted by atomic mass is 10.0. The van der Waals surface area contributed by atoms with Gasteiger partial charge in [-0.3, -0.25) is 9.59 Å². The lowest BCUT2D eigenvalue weighted by Crippen LogP contribution is -2.49. The van der Waals surface area contributed by atoms with E-state index in [4.69, 9.17) is 0 Å². The summed E-state index contributed by atoms with van der Waals surface area (Å²) in [5.41, 5.74) is 2.53. The first kappa shape index (κ1) is 20.2. The Morgan fingerprint density at radius 1 is 1.00 bits per heavy atom. The van der Waals surface area contributed by atoms with Gasteiger partial charge >= 0.3 is 0 Å². The molecule has 0 bridgehead atoms. The molecule has 0 radical (unpaired) electrons. The molecule has 0 aliphatic carbocycles. The van der Waals surface area contributed by atoms with Crippen LogP contribution in [-0.4, -0.2) is 51.9 Å². The number of piperidine rings is 1. The quantitative estimate of drug-likeness (QED) is 0.636. The molecule has 30 heavy (non-hydrogen) atoms. The summed E-state index contributed by atoms with van der Waals surface area (Å²) in [5, 5.41) is 1.09. The molecule has 3 aromatic rings. The molecule has 2 aromatic carbocycles. The smallest absolute Gasteiger partial charge is 0.270 e. The summed E-state index contributed by atoms with van der Waals surface area (Å²) in [4.78, 5) is 30.2. The van der Waals surface area contributed by atoms with Crippen molar-refractivity contribution in [3.05, 3.63) is 71.9 Å². The molecule has 4 rings (SSSR count). The molecule has 1 aliphatic rings. The molecular formula is C25H29N3O2. The average molecular weight is 404 g/mol. The normalized spacial score (nSPS) is 14.8. The number of para-hydroxylation sites is 1. The van der Waals surface area contributed by atoms with Crippen molar-refractivity contribution in [3.63, 3.8) is 0 Å². The Kier molecular flexibility index (Phi) is 5.88. The van der Waals surface area contributed by atoms with E-state index in [1.54, 1.807) is 0 Å². The maximum absolute atomic E-state index is 13.5. The van der Waals surface area contributed by atoms with E-state index in [9.17, 15) is 9.59 Å². The number of hydrogen-bond acceptors (Lipinski definition) is 2. The van der Waals surface area contributed by atoms with Crippen molar-refractivity contribution in [1.29, 1.82) is 0 Å². The summed E-state index contributed by atoms with van der Waals surface area (Å²) in [6.07, 6.45) is 2.54. The maximum atomic E-state index is 13.5. The van der Waals surface area contributed by atoms with Crippen LogP contribution >= 0.6 is 0 Å². The van der Waals surface area contributed by atoms with Crippen LogP contribution in [0.3, 0.4) is 0 Å². The summed E-state index contributed by atoms with van der Waals surface area (Å²) < 4.78 is 1.99. The van der Waals surface area contributed by atoms with Gasteiger partial charge in [-0.25, -0.2) is 0 Å². The largest absolute Gasteiger partial charge is 0.340 e. The van der Waals surface area contributed by atoms with Gasteiger partial charge in [0.05, 0.1) is 0 Å². The maximum Gasteiger partial charge on any atom is 0.270 e. The summed E-state index contributed by atoms with van der Waals surface area (Å²) >= 11 is 0. The minimum Gasteiger partial charge on any atom is -0.340 e. The SMILES string of the molecule is CCCN(C(=O)c1cc2ccccc2n1C)C1CCN(C(=O)c2ccccc2)CC1. The number of aromatic nitrogens is 1. The van der Waals surface area contributed by atoms with Gasteiger partial charge in [0.2, 0.25) is 0 Å². The van der Waals surface area contributed by atoms with Gasteiger partial charge in [-0.2, -0.15) is 0 Å². The number of rotatable bonds is 5. The first-order chi connectivity index (χ1) is 14.6. The second-order valence-corrected chi connectivity index (χ2v) is 8.04. The second-order valence-electron chi connectivity index (χ2n) is 8.04. The zero-order chi connectivity index (χ0) is 21.1. The van der Waals surface area contributed by atoms with Crippen LogP contribution in [0.4, 0.5) is 0 Å². The molecule has 2 amide bonds. The van der Waals surface area contributed by atoms with E-state index in [0.717, 1.165) is 48.0 Å². The Balaban J connectivity index is 1.49. The van der Waals surface area contributed by atoms with Crippen LogP contribution in [0.5, 0.6) is 0 Å². The van der Waals surface area contributed by atoms with Gasteiger partial charge in [0.1, 0.15) is 5.69 Å². The molecule has 5 heteroatoms. The van der Waals surface area contributed by atoms with Gasteiger partial charge in [0, 0.05) is 49.2 Å². The highest BCUT2D eigenvalue weighted by Crippen LogP contribution is 2.24. The molecule has 2 heterocycles. The summed E-state index contributed by atoms with van der Waals surface area (Å²) in [7, 11) is 1.96. The van der Waals surface area contributed by atoms with Crippen molar-refractivity contribution < 1.29 is 9.59 Å². The number of hydrogen-bond donors (Lipinski definition) is 0. The number of benzene rings is 2. The van der Waals surface area contributed by atoms with E-state index in [-0.39, 0.29) is 17.9 Å². The third-order valence-electron chi connectivity index (χ3n) is 6.11. The number of carbonyl (C=O) groups is 2. The average Bonchev–Trinajstić information content (AvgIpc) is 3.14. The van der Waals surface area contributed by atoms with Gasteiger partial charge in [-0.15, -0.1) is 0 Å². The minimum atomic E-state index is 0.0797. The van der Waals surface area contributed by atoms with Gasteiger partial charge in [0.15, 0.2) is 0 Å². The highest BCUT2D eigenvalue weighted by Gasteiger charge is 2.31. The summed E-state index contributed by atoms with van der Waals surface area (Å²) in [6.45, 7) is 4.20. The molecular weight excluding hydrogens is 374 g/mol. The van der Waals surface area contributed by atoms with Crippen molar-refractivity contribution in [2.45, 2.75) is 32.2 Å². The van der Waals surface area contributed by atoms with E-state index in [0.29, 0.717) is 13.1 Å². The fourth-order valence-corrected chi connectivity index (χ4v) is 4.48. The first-order valence-electron chi connectivity index (χ1n) is 10.8. The van der Waals surface area contributed by atoms with E-state index in [1.807, 2.05) is 82.1 Å².